The molecule has 0 aliphatic rings. The van der Waals surface area contributed by atoms with Crippen LogP contribution in [0.3, 0.4) is 0 Å². The van der Waals surface area contributed by atoms with Crippen LogP contribution in [0.4, 0.5) is 5.69 Å². The molecule has 3 heterocycles. The van der Waals surface area contributed by atoms with Crippen molar-refractivity contribution in [3.8, 4) is 17.1 Å². The highest BCUT2D eigenvalue weighted by Gasteiger charge is 2.06. The Morgan fingerprint density at radius 3 is 2.60 bits per heavy atom. The number of anilines is 1. The normalized spacial score (nSPS) is 10.8. The zero-order valence-corrected chi connectivity index (χ0v) is 13.8. The molecular formula is C19H17N5O. The van der Waals surface area contributed by atoms with Gasteiger partial charge in [-0.2, -0.15) is 5.10 Å². The minimum absolute atomic E-state index is 0.650. The number of aryl methyl sites for hydroxylation is 1. The number of nitrogens with one attached hydrogen (secondary N) is 1. The van der Waals surface area contributed by atoms with E-state index in [1.807, 2.05) is 60.1 Å². The highest BCUT2D eigenvalue weighted by Crippen LogP contribution is 2.22. The summed E-state index contributed by atoms with van der Waals surface area (Å²) in [6.45, 7) is 2.49. The highest BCUT2D eigenvalue weighted by atomic mass is 16.4. The molecule has 0 saturated heterocycles. The summed E-state index contributed by atoms with van der Waals surface area (Å²) in [6, 6.07) is 15.8. The molecule has 0 amide bonds. The van der Waals surface area contributed by atoms with Crippen LogP contribution in [0, 0.1) is 6.92 Å². The van der Waals surface area contributed by atoms with Crippen LogP contribution >= 0.6 is 0 Å². The van der Waals surface area contributed by atoms with Gasteiger partial charge in [-0.05, 0) is 42.5 Å². The first kappa shape index (κ1) is 15.1. The summed E-state index contributed by atoms with van der Waals surface area (Å²) in [7, 11) is 0. The minimum atomic E-state index is 0.650. The first-order valence-electron chi connectivity index (χ1n) is 8.01. The van der Waals surface area contributed by atoms with Gasteiger partial charge in [0.2, 0.25) is 0 Å². The lowest BCUT2D eigenvalue weighted by molar-refractivity contribution is 0.534. The number of aromatic nitrogens is 4. The largest absolute Gasteiger partial charge is 0.441 e. The van der Waals surface area contributed by atoms with Crippen molar-refractivity contribution in [1.29, 1.82) is 0 Å². The first-order chi connectivity index (χ1) is 12.3. The number of benzene rings is 1. The smallest absolute Gasteiger partial charge is 0.191 e. The molecule has 4 aromatic rings. The molecule has 0 atom stereocenters. The number of hydrogen-bond donors (Lipinski definition) is 1. The molecule has 0 spiro atoms. The van der Waals surface area contributed by atoms with Crippen LogP contribution < -0.4 is 5.32 Å². The van der Waals surface area contributed by atoms with Crippen LogP contribution in [0.2, 0.25) is 0 Å². The first-order valence-corrected chi connectivity index (χ1v) is 8.01. The Balaban J connectivity index is 1.47. The average Bonchev–Trinajstić information content (AvgIpc) is 3.30. The molecule has 0 aliphatic carbocycles. The molecule has 0 unspecified atom stereocenters. The van der Waals surface area contributed by atoms with E-state index in [9.17, 15) is 0 Å². The molecule has 124 valence electrons. The standard InChI is InChI=1S/C19H17N5O/c1-14-21-13-18(25-14)15-5-7-16(8-6-15)22-12-17-9-11-23-24(17)19-4-2-3-10-20-19/h2-11,13,22H,12H2,1H3. The van der Waals surface area contributed by atoms with Gasteiger partial charge in [0.1, 0.15) is 0 Å². The van der Waals surface area contributed by atoms with Crippen molar-refractivity contribution < 1.29 is 4.42 Å². The monoisotopic (exact) mass is 331 g/mol. The van der Waals surface area contributed by atoms with E-state index in [1.54, 1.807) is 18.6 Å². The third-order valence-corrected chi connectivity index (χ3v) is 3.85. The zero-order chi connectivity index (χ0) is 17.1. The van der Waals surface area contributed by atoms with Crippen molar-refractivity contribution in [2.24, 2.45) is 0 Å². The Kier molecular flexibility index (Phi) is 4.00. The maximum Gasteiger partial charge on any atom is 0.191 e. The van der Waals surface area contributed by atoms with Gasteiger partial charge in [-0.25, -0.2) is 14.6 Å². The minimum Gasteiger partial charge on any atom is -0.441 e. The Morgan fingerprint density at radius 2 is 1.88 bits per heavy atom. The highest BCUT2D eigenvalue weighted by molar-refractivity contribution is 5.60. The quantitative estimate of drug-likeness (QED) is 0.602. The second-order valence-electron chi connectivity index (χ2n) is 5.60. The fourth-order valence-electron chi connectivity index (χ4n) is 2.59. The van der Waals surface area contributed by atoms with E-state index >= 15 is 0 Å². The summed E-state index contributed by atoms with van der Waals surface area (Å²) in [4.78, 5) is 8.47. The molecule has 3 aromatic heterocycles. The number of nitrogens with zero attached hydrogens (tertiary/aromatic N) is 4. The molecule has 6 heteroatoms. The third-order valence-electron chi connectivity index (χ3n) is 3.85. The molecular weight excluding hydrogens is 314 g/mol. The van der Waals surface area contributed by atoms with Gasteiger partial charge >= 0.3 is 0 Å². The van der Waals surface area contributed by atoms with Gasteiger partial charge in [-0.1, -0.05) is 6.07 Å². The molecule has 0 aliphatic heterocycles. The maximum atomic E-state index is 5.54. The van der Waals surface area contributed by atoms with Gasteiger partial charge in [0.05, 0.1) is 18.4 Å². The lowest BCUT2D eigenvalue weighted by atomic mass is 10.1. The predicted octanol–water partition coefficient (Wildman–Crippen LogP) is 3.84. The second-order valence-corrected chi connectivity index (χ2v) is 5.60. The summed E-state index contributed by atoms with van der Waals surface area (Å²) in [6.07, 6.45) is 5.28. The van der Waals surface area contributed by atoms with Gasteiger partial charge in [0, 0.05) is 30.6 Å². The van der Waals surface area contributed by atoms with E-state index in [0.717, 1.165) is 28.5 Å². The van der Waals surface area contributed by atoms with Crippen molar-refractivity contribution >= 4 is 5.69 Å². The average molecular weight is 331 g/mol. The van der Waals surface area contributed by atoms with Crippen molar-refractivity contribution in [2.75, 3.05) is 5.32 Å². The molecule has 0 bridgehead atoms. The molecule has 1 aromatic carbocycles. The van der Waals surface area contributed by atoms with Crippen LogP contribution in [0.25, 0.3) is 17.1 Å². The Bertz CT molecular complexity index is 957. The fraction of sp³-hybridized carbons (Fsp3) is 0.105. The predicted molar refractivity (Wildman–Crippen MR) is 95.4 cm³/mol. The van der Waals surface area contributed by atoms with Gasteiger partial charge in [0.15, 0.2) is 17.5 Å². The summed E-state index contributed by atoms with van der Waals surface area (Å²) < 4.78 is 7.37. The van der Waals surface area contributed by atoms with Crippen molar-refractivity contribution in [3.63, 3.8) is 0 Å². The Morgan fingerprint density at radius 1 is 1.00 bits per heavy atom. The number of pyridine rings is 1. The summed E-state index contributed by atoms with van der Waals surface area (Å²) >= 11 is 0. The van der Waals surface area contributed by atoms with E-state index in [1.165, 1.54) is 0 Å². The van der Waals surface area contributed by atoms with Gasteiger partial charge in [-0.3, -0.25) is 0 Å². The number of oxazole rings is 1. The number of rotatable bonds is 5. The fourth-order valence-corrected chi connectivity index (χ4v) is 2.59. The molecule has 0 saturated carbocycles. The molecule has 4 rings (SSSR count). The van der Waals surface area contributed by atoms with Crippen molar-refractivity contribution in [1.82, 2.24) is 19.7 Å². The van der Waals surface area contributed by atoms with Crippen molar-refractivity contribution in [2.45, 2.75) is 13.5 Å². The van der Waals surface area contributed by atoms with E-state index < -0.39 is 0 Å². The topological polar surface area (TPSA) is 68.8 Å². The summed E-state index contributed by atoms with van der Waals surface area (Å²) in [5, 5.41) is 7.76. The van der Waals surface area contributed by atoms with E-state index in [4.69, 9.17) is 4.42 Å². The van der Waals surface area contributed by atoms with Gasteiger partial charge in [0.25, 0.3) is 0 Å². The lowest BCUT2D eigenvalue weighted by Gasteiger charge is -2.09. The van der Waals surface area contributed by atoms with Crippen LogP contribution in [-0.4, -0.2) is 19.7 Å². The zero-order valence-electron chi connectivity index (χ0n) is 13.8. The van der Waals surface area contributed by atoms with Crippen LogP contribution in [0.5, 0.6) is 0 Å². The Hall–Kier alpha value is -3.41. The van der Waals surface area contributed by atoms with E-state index in [0.29, 0.717) is 12.4 Å². The van der Waals surface area contributed by atoms with Crippen LogP contribution in [0.15, 0.2) is 71.5 Å². The van der Waals surface area contributed by atoms with Gasteiger partial charge < -0.3 is 9.73 Å². The molecule has 25 heavy (non-hydrogen) atoms. The van der Waals surface area contributed by atoms with Gasteiger partial charge in [-0.15, -0.1) is 0 Å². The van der Waals surface area contributed by atoms with Crippen LogP contribution in [0.1, 0.15) is 11.6 Å². The summed E-state index contributed by atoms with van der Waals surface area (Å²) in [5.74, 6) is 2.25. The van der Waals surface area contributed by atoms with Crippen molar-refractivity contribution in [3.05, 3.63) is 78.7 Å². The molecule has 1 N–H and O–H groups in total. The lowest BCUT2D eigenvalue weighted by Crippen LogP contribution is -2.08. The molecule has 0 radical (unpaired) electrons. The van der Waals surface area contributed by atoms with Crippen LogP contribution in [-0.2, 0) is 6.54 Å². The van der Waals surface area contributed by atoms with E-state index in [-0.39, 0.29) is 0 Å². The summed E-state index contributed by atoms with van der Waals surface area (Å²) in [5.41, 5.74) is 3.06. The molecule has 0 fully saturated rings. The second kappa shape index (κ2) is 6.60. The SMILES string of the molecule is Cc1ncc(-c2ccc(NCc3ccnn3-c3ccccn3)cc2)o1. The Labute approximate surface area is 145 Å². The molecule has 6 nitrogen and oxygen atoms in total. The maximum absolute atomic E-state index is 5.54. The van der Waals surface area contributed by atoms with E-state index in [2.05, 4.69) is 20.4 Å². The third kappa shape index (κ3) is 3.28. The number of hydrogen-bond acceptors (Lipinski definition) is 5.